The second kappa shape index (κ2) is 6.12. The second-order valence-corrected chi connectivity index (χ2v) is 8.61. The van der Waals surface area contributed by atoms with Crippen LogP contribution in [-0.4, -0.2) is 41.7 Å². The maximum absolute atomic E-state index is 13.2. The molecule has 1 atom stereocenters. The van der Waals surface area contributed by atoms with E-state index in [1.54, 1.807) is 21.6 Å². The fraction of sp³-hybridized carbons (Fsp3) is 0.364. The van der Waals surface area contributed by atoms with Crippen LogP contribution in [0.2, 0.25) is 0 Å². The fourth-order valence-electron chi connectivity index (χ4n) is 4.74. The van der Waals surface area contributed by atoms with Crippen LogP contribution in [0.15, 0.2) is 41.5 Å². The summed E-state index contributed by atoms with van der Waals surface area (Å²) in [7, 11) is 1.85. The lowest BCUT2D eigenvalue weighted by Crippen LogP contribution is -2.43. The smallest absolute Gasteiger partial charge is 0.278 e. The molecule has 2 aliphatic rings. The molecule has 2 N–H and O–H groups in total. The lowest BCUT2D eigenvalue weighted by Gasteiger charge is -2.31. The summed E-state index contributed by atoms with van der Waals surface area (Å²) in [6.07, 6.45) is 7.65. The summed E-state index contributed by atoms with van der Waals surface area (Å²) in [6.45, 7) is 0.893. The third kappa shape index (κ3) is 2.71. The number of fused-ring (bicyclic) bond motifs is 2. The number of rotatable bonds is 2. The van der Waals surface area contributed by atoms with Gasteiger partial charge in [0.05, 0.1) is 29.5 Å². The van der Waals surface area contributed by atoms with Crippen molar-refractivity contribution in [2.45, 2.75) is 37.3 Å². The number of pyridine rings is 1. The summed E-state index contributed by atoms with van der Waals surface area (Å²) < 4.78 is 3.29. The third-order valence-electron chi connectivity index (χ3n) is 6.47. The van der Waals surface area contributed by atoms with Crippen LogP contribution < -0.4 is 10.9 Å². The van der Waals surface area contributed by atoms with E-state index < -0.39 is 0 Å². The number of nitrogens with one attached hydrogen (secondary N) is 1. The van der Waals surface area contributed by atoms with Gasteiger partial charge in [-0.05, 0) is 56.5 Å². The van der Waals surface area contributed by atoms with E-state index in [4.69, 9.17) is 0 Å². The van der Waals surface area contributed by atoms with Gasteiger partial charge in [-0.1, -0.05) is 0 Å². The minimum atomic E-state index is -0.227. The molecule has 1 spiro atoms. The Morgan fingerprint density at radius 2 is 2.10 bits per heavy atom. The molecule has 152 valence electrons. The monoisotopic (exact) mass is 402 g/mol. The Hall–Kier alpha value is -3.26. The molecule has 1 aliphatic carbocycles. The van der Waals surface area contributed by atoms with Crippen LogP contribution in [0.3, 0.4) is 0 Å². The Morgan fingerprint density at radius 1 is 1.23 bits per heavy atom. The summed E-state index contributed by atoms with van der Waals surface area (Å²) in [5.41, 5.74) is 3.01. The number of aromatic hydroxyl groups is 1. The SMILES string of the molecule is Cn1cc2nc(-c3cc(O)c4c(=O)n(C5CCNC6(CC6)C5)ncc4c3)ccc2n1. The number of benzene rings is 1. The van der Waals surface area contributed by atoms with Crippen LogP contribution in [-0.2, 0) is 7.05 Å². The van der Waals surface area contributed by atoms with Gasteiger partial charge in [-0.15, -0.1) is 0 Å². The van der Waals surface area contributed by atoms with Crippen molar-refractivity contribution in [3.8, 4) is 17.0 Å². The summed E-state index contributed by atoms with van der Waals surface area (Å²) in [4.78, 5) is 17.8. The standard InChI is InChI=1S/C22H22N6O2/c1-27-12-18-17(26-27)3-2-16(25-18)13-8-14-11-24-28(21(30)20(14)19(29)9-13)15-4-7-23-22(10-15)5-6-22/h2-3,8-9,11-12,15,23,29H,4-7,10H2,1H3. The molecule has 1 aliphatic heterocycles. The zero-order chi connectivity index (χ0) is 20.5. The van der Waals surface area contributed by atoms with Gasteiger partial charge in [0, 0.05) is 23.5 Å². The molecule has 0 amide bonds. The van der Waals surface area contributed by atoms with E-state index >= 15 is 0 Å². The number of piperidine rings is 1. The van der Waals surface area contributed by atoms with Crippen molar-refractivity contribution in [2.75, 3.05) is 6.54 Å². The molecule has 6 rings (SSSR count). The maximum Gasteiger partial charge on any atom is 0.278 e. The quantitative estimate of drug-likeness (QED) is 0.535. The first-order valence-electron chi connectivity index (χ1n) is 10.3. The molecule has 4 aromatic rings. The van der Waals surface area contributed by atoms with E-state index in [-0.39, 0.29) is 22.9 Å². The number of hydrogen-bond acceptors (Lipinski definition) is 6. The van der Waals surface area contributed by atoms with Gasteiger partial charge in [-0.25, -0.2) is 9.67 Å². The van der Waals surface area contributed by atoms with Crippen LogP contribution in [0.25, 0.3) is 33.1 Å². The van der Waals surface area contributed by atoms with E-state index in [1.807, 2.05) is 31.4 Å². The first kappa shape index (κ1) is 17.6. The predicted octanol–water partition coefficient (Wildman–Crippen LogP) is 2.51. The minimum absolute atomic E-state index is 0.0354. The van der Waals surface area contributed by atoms with Crippen molar-refractivity contribution in [1.82, 2.24) is 29.9 Å². The summed E-state index contributed by atoms with van der Waals surface area (Å²) in [5.74, 6) is -0.0354. The first-order chi connectivity index (χ1) is 14.5. The molecule has 8 nitrogen and oxygen atoms in total. The average Bonchev–Trinajstić information content (AvgIpc) is 3.35. The van der Waals surface area contributed by atoms with Gasteiger partial charge in [0.2, 0.25) is 0 Å². The molecule has 8 heteroatoms. The number of phenols is 1. The Morgan fingerprint density at radius 3 is 2.93 bits per heavy atom. The minimum Gasteiger partial charge on any atom is -0.507 e. The first-order valence-corrected chi connectivity index (χ1v) is 10.3. The fourth-order valence-corrected chi connectivity index (χ4v) is 4.74. The van der Waals surface area contributed by atoms with Gasteiger partial charge in [0.1, 0.15) is 16.8 Å². The highest BCUT2D eigenvalue weighted by Crippen LogP contribution is 2.45. The van der Waals surface area contributed by atoms with Crippen molar-refractivity contribution in [3.63, 3.8) is 0 Å². The van der Waals surface area contributed by atoms with E-state index in [1.165, 1.54) is 0 Å². The third-order valence-corrected chi connectivity index (χ3v) is 6.47. The van der Waals surface area contributed by atoms with E-state index in [0.29, 0.717) is 16.5 Å². The molecule has 2 fully saturated rings. The molecule has 1 saturated carbocycles. The van der Waals surface area contributed by atoms with E-state index in [9.17, 15) is 9.90 Å². The number of hydrogen-bond donors (Lipinski definition) is 2. The Bertz CT molecular complexity index is 1370. The lowest BCUT2D eigenvalue weighted by atomic mass is 9.97. The number of nitrogens with zero attached hydrogens (tertiary/aromatic N) is 5. The summed E-state index contributed by atoms with van der Waals surface area (Å²) >= 11 is 0. The van der Waals surface area contributed by atoms with E-state index in [0.717, 1.165) is 48.8 Å². The number of aryl methyl sites for hydroxylation is 1. The zero-order valence-corrected chi connectivity index (χ0v) is 16.7. The lowest BCUT2D eigenvalue weighted by molar-refractivity contribution is 0.264. The maximum atomic E-state index is 13.2. The molecule has 1 saturated heterocycles. The van der Waals surface area contributed by atoms with Gasteiger partial charge >= 0.3 is 0 Å². The van der Waals surface area contributed by atoms with Crippen molar-refractivity contribution in [1.29, 1.82) is 0 Å². The van der Waals surface area contributed by atoms with Crippen molar-refractivity contribution in [2.24, 2.45) is 7.05 Å². The molecule has 3 aromatic heterocycles. The molecule has 4 heterocycles. The van der Waals surface area contributed by atoms with Crippen LogP contribution in [0.5, 0.6) is 5.75 Å². The van der Waals surface area contributed by atoms with Crippen molar-refractivity contribution < 1.29 is 5.11 Å². The van der Waals surface area contributed by atoms with Crippen LogP contribution >= 0.6 is 0 Å². The highest BCUT2D eigenvalue weighted by Gasteiger charge is 2.46. The highest BCUT2D eigenvalue weighted by molar-refractivity contribution is 5.91. The van der Waals surface area contributed by atoms with Gasteiger partial charge in [-0.2, -0.15) is 10.2 Å². The number of aromatic nitrogens is 5. The number of phenolic OH excluding ortho intramolecular Hbond substituents is 1. The van der Waals surface area contributed by atoms with E-state index in [2.05, 4.69) is 20.5 Å². The Balaban J connectivity index is 1.44. The molecule has 30 heavy (non-hydrogen) atoms. The summed E-state index contributed by atoms with van der Waals surface area (Å²) in [5, 5.41) is 24.1. The van der Waals surface area contributed by atoms with Crippen molar-refractivity contribution >= 4 is 21.8 Å². The largest absolute Gasteiger partial charge is 0.507 e. The normalized spacial score (nSPS) is 20.2. The Kier molecular flexibility index (Phi) is 3.59. The molecule has 0 radical (unpaired) electrons. The molecule has 1 unspecified atom stereocenters. The van der Waals surface area contributed by atoms with Gasteiger partial charge < -0.3 is 10.4 Å². The van der Waals surface area contributed by atoms with Crippen molar-refractivity contribution in [3.05, 3.63) is 47.0 Å². The topological polar surface area (TPSA) is 97.9 Å². The predicted molar refractivity (Wildman–Crippen MR) is 113 cm³/mol. The van der Waals surface area contributed by atoms with Crippen LogP contribution in [0.4, 0.5) is 0 Å². The second-order valence-electron chi connectivity index (χ2n) is 8.61. The van der Waals surface area contributed by atoms with Gasteiger partial charge in [0.25, 0.3) is 5.56 Å². The highest BCUT2D eigenvalue weighted by atomic mass is 16.3. The Labute approximate surface area is 172 Å². The van der Waals surface area contributed by atoms with Gasteiger partial charge in [-0.3, -0.25) is 9.48 Å². The zero-order valence-electron chi connectivity index (χ0n) is 16.7. The molecular weight excluding hydrogens is 380 g/mol. The summed E-state index contributed by atoms with van der Waals surface area (Å²) in [6, 6.07) is 7.32. The van der Waals surface area contributed by atoms with Crippen LogP contribution in [0, 0.1) is 0 Å². The van der Waals surface area contributed by atoms with Crippen LogP contribution in [0.1, 0.15) is 31.7 Å². The van der Waals surface area contributed by atoms with Gasteiger partial charge in [0.15, 0.2) is 0 Å². The molecule has 1 aromatic carbocycles. The average molecular weight is 402 g/mol. The molecular formula is C22H22N6O2. The molecule has 0 bridgehead atoms.